The van der Waals surface area contributed by atoms with E-state index in [2.05, 4.69) is 57.2 Å². The zero-order chi connectivity index (χ0) is 50.7. The number of allylic oxidation sites excluding steroid dienone is 6. The molecule has 0 aliphatic rings. The summed E-state index contributed by atoms with van der Waals surface area (Å²) in [6, 6.07) is 0. The Bertz CT molecular complexity index is 1170. The monoisotopic (exact) mass is 983 g/mol. The molecule has 0 spiro atoms. The van der Waals surface area contributed by atoms with Crippen LogP contribution in [0.3, 0.4) is 0 Å². The smallest absolute Gasteiger partial charge is 0.306 e. The molecule has 0 heterocycles. The van der Waals surface area contributed by atoms with Crippen molar-refractivity contribution < 1.29 is 28.6 Å². The van der Waals surface area contributed by atoms with Crippen molar-refractivity contribution in [1.82, 2.24) is 0 Å². The van der Waals surface area contributed by atoms with Gasteiger partial charge in [0.25, 0.3) is 0 Å². The van der Waals surface area contributed by atoms with Crippen LogP contribution in [0.2, 0.25) is 0 Å². The van der Waals surface area contributed by atoms with Gasteiger partial charge >= 0.3 is 17.9 Å². The zero-order valence-electron chi connectivity index (χ0n) is 47.1. The highest BCUT2D eigenvalue weighted by Crippen LogP contribution is 2.17. The number of carbonyl (C=O) groups excluding carboxylic acids is 3. The molecule has 6 nitrogen and oxygen atoms in total. The van der Waals surface area contributed by atoms with E-state index in [1.807, 2.05) is 0 Å². The molecule has 0 aromatic carbocycles. The number of ether oxygens (including phenoxy) is 3. The SMILES string of the molecule is CCCCCC/C=C\C/C=C\CCCCCCCCCC(=O)OC(COC(=O)CCCCCCCCCCC/C=C\CCCCCCCCCC)COC(=O)CCCCCCCCCCCCCCC. The van der Waals surface area contributed by atoms with Crippen LogP contribution in [0.25, 0.3) is 0 Å². The van der Waals surface area contributed by atoms with Crippen molar-refractivity contribution in [3.8, 4) is 0 Å². The maximum atomic E-state index is 12.9. The summed E-state index contributed by atoms with van der Waals surface area (Å²) < 4.78 is 16.9. The fourth-order valence-electron chi connectivity index (χ4n) is 9.18. The number of unbranched alkanes of at least 4 members (excludes halogenated alkanes) is 40. The van der Waals surface area contributed by atoms with Crippen LogP contribution in [0.5, 0.6) is 0 Å². The zero-order valence-corrected chi connectivity index (χ0v) is 47.1. The molecule has 1 unspecified atom stereocenters. The first kappa shape index (κ1) is 67.6. The van der Waals surface area contributed by atoms with Crippen molar-refractivity contribution in [3.05, 3.63) is 36.5 Å². The first-order chi connectivity index (χ1) is 34.5. The molecule has 0 saturated heterocycles. The average molecular weight is 984 g/mol. The Morgan fingerprint density at radius 2 is 0.514 bits per heavy atom. The molecule has 1 atom stereocenters. The van der Waals surface area contributed by atoms with Gasteiger partial charge in [0.2, 0.25) is 0 Å². The Morgan fingerprint density at radius 3 is 0.814 bits per heavy atom. The van der Waals surface area contributed by atoms with E-state index in [-0.39, 0.29) is 31.1 Å². The third-order valence-corrected chi connectivity index (χ3v) is 13.9. The second-order valence-electron chi connectivity index (χ2n) is 21.0. The summed E-state index contributed by atoms with van der Waals surface area (Å²) in [6.45, 7) is 6.66. The van der Waals surface area contributed by atoms with Gasteiger partial charge in [-0.1, -0.05) is 276 Å². The summed E-state index contributed by atoms with van der Waals surface area (Å²) in [5, 5.41) is 0. The minimum atomic E-state index is -0.775. The van der Waals surface area contributed by atoms with Gasteiger partial charge < -0.3 is 14.2 Å². The lowest BCUT2D eigenvalue weighted by molar-refractivity contribution is -0.167. The van der Waals surface area contributed by atoms with E-state index in [4.69, 9.17) is 14.2 Å². The van der Waals surface area contributed by atoms with Crippen LogP contribution in [0.4, 0.5) is 0 Å². The molecule has 410 valence electrons. The number of hydrogen-bond acceptors (Lipinski definition) is 6. The number of esters is 3. The van der Waals surface area contributed by atoms with Crippen LogP contribution in [-0.4, -0.2) is 37.2 Å². The van der Waals surface area contributed by atoms with Crippen molar-refractivity contribution in [1.29, 1.82) is 0 Å². The van der Waals surface area contributed by atoms with E-state index in [1.54, 1.807) is 0 Å². The van der Waals surface area contributed by atoms with Gasteiger partial charge in [-0.3, -0.25) is 14.4 Å². The van der Waals surface area contributed by atoms with E-state index in [1.165, 1.54) is 225 Å². The van der Waals surface area contributed by atoms with Gasteiger partial charge in [0.1, 0.15) is 13.2 Å². The fourth-order valence-corrected chi connectivity index (χ4v) is 9.18. The van der Waals surface area contributed by atoms with Crippen LogP contribution in [0.1, 0.15) is 335 Å². The fraction of sp³-hybridized carbons (Fsp3) is 0.859. The molecule has 0 amide bonds. The molecule has 0 aliphatic carbocycles. The van der Waals surface area contributed by atoms with Gasteiger partial charge in [0.05, 0.1) is 0 Å². The Labute approximate surface area is 435 Å². The second-order valence-corrected chi connectivity index (χ2v) is 21.0. The molecule has 0 bridgehead atoms. The van der Waals surface area contributed by atoms with E-state index in [0.717, 1.165) is 70.6 Å². The van der Waals surface area contributed by atoms with Gasteiger partial charge in [-0.2, -0.15) is 0 Å². The summed E-state index contributed by atoms with van der Waals surface area (Å²) in [6.07, 6.45) is 71.4. The topological polar surface area (TPSA) is 78.9 Å². The normalized spacial score (nSPS) is 12.2. The standard InChI is InChI=1S/C64H118O6/c1-4-7-10-13-16-19-22-25-27-29-31-32-33-35-36-39-42-45-48-51-54-57-63(66)69-60-61(59-68-62(65)56-53-50-47-44-41-38-24-21-18-15-12-9-6-3)70-64(67)58-55-52-49-46-43-40-37-34-30-28-26-23-20-17-14-11-8-5-2/h20,23,28-31,61H,4-19,21-22,24-27,32-60H2,1-3H3/b23-20-,30-28-,31-29-. The number of rotatable bonds is 57. The summed E-state index contributed by atoms with van der Waals surface area (Å²) in [5.41, 5.74) is 0. The van der Waals surface area contributed by atoms with Crippen LogP contribution in [0, 0.1) is 0 Å². The molecule has 0 aromatic heterocycles. The maximum Gasteiger partial charge on any atom is 0.306 e. The van der Waals surface area contributed by atoms with E-state index in [0.29, 0.717) is 19.3 Å². The van der Waals surface area contributed by atoms with E-state index in [9.17, 15) is 14.4 Å². The molecule has 0 aromatic rings. The van der Waals surface area contributed by atoms with E-state index < -0.39 is 6.10 Å². The predicted molar refractivity (Wildman–Crippen MR) is 302 cm³/mol. The summed E-state index contributed by atoms with van der Waals surface area (Å²) in [7, 11) is 0. The quantitative estimate of drug-likeness (QED) is 0.0261. The maximum absolute atomic E-state index is 12.9. The minimum Gasteiger partial charge on any atom is -0.462 e. The summed E-state index contributed by atoms with van der Waals surface area (Å²) >= 11 is 0. The molecule has 0 aliphatic heterocycles. The molecule has 6 heteroatoms. The minimum absolute atomic E-state index is 0.0721. The Balaban J connectivity index is 4.31. The highest BCUT2D eigenvalue weighted by molar-refractivity contribution is 5.71. The molecule has 0 radical (unpaired) electrons. The molecule has 70 heavy (non-hydrogen) atoms. The van der Waals surface area contributed by atoms with Crippen LogP contribution >= 0.6 is 0 Å². The van der Waals surface area contributed by atoms with Crippen LogP contribution < -0.4 is 0 Å². The number of carbonyl (C=O) groups is 3. The van der Waals surface area contributed by atoms with E-state index >= 15 is 0 Å². The van der Waals surface area contributed by atoms with Crippen molar-refractivity contribution in [3.63, 3.8) is 0 Å². The van der Waals surface area contributed by atoms with Crippen LogP contribution in [-0.2, 0) is 28.6 Å². The Hall–Kier alpha value is -2.37. The first-order valence-corrected chi connectivity index (χ1v) is 31.0. The van der Waals surface area contributed by atoms with Crippen molar-refractivity contribution in [2.24, 2.45) is 0 Å². The van der Waals surface area contributed by atoms with Crippen molar-refractivity contribution in [2.45, 2.75) is 341 Å². The number of hydrogen-bond donors (Lipinski definition) is 0. The first-order valence-electron chi connectivity index (χ1n) is 31.0. The lowest BCUT2D eigenvalue weighted by Crippen LogP contribution is -2.30. The average Bonchev–Trinajstić information content (AvgIpc) is 3.36. The van der Waals surface area contributed by atoms with Crippen molar-refractivity contribution in [2.75, 3.05) is 13.2 Å². The van der Waals surface area contributed by atoms with Crippen LogP contribution in [0.15, 0.2) is 36.5 Å². The van der Waals surface area contributed by atoms with Gasteiger partial charge in [0, 0.05) is 19.3 Å². The van der Waals surface area contributed by atoms with Crippen molar-refractivity contribution >= 4 is 17.9 Å². The molecule has 0 rings (SSSR count). The van der Waals surface area contributed by atoms with Gasteiger partial charge in [-0.05, 0) is 77.0 Å². The van der Waals surface area contributed by atoms with Gasteiger partial charge in [-0.25, -0.2) is 0 Å². The summed E-state index contributed by atoms with van der Waals surface area (Å²) in [5.74, 6) is -0.861. The third kappa shape index (κ3) is 56.5. The highest BCUT2D eigenvalue weighted by Gasteiger charge is 2.19. The lowest BCUT2D eigenvalue weighted by atomic mass is 10.0. The Morgan fingerprint density at radius 1 is 0.286 bits per heavy atom. The molecule has 0 saturated carbocycles. The molecular weight excluding hydrogens is 865 g/mol. The predicted octanol–water partition coefficient (Wildman–Crippen LogP) is 20.8. The lowest BCUT2D eigenvalue weighted by Gasteiger charge is -2.18. The molecule has 0 N–H and O–H groups in total. The molecule has 0 fully saturated rings. The van der Waals surface area contributed by atoms with Gasteiger partial charge in [-0.15, -0.1) is 0 Å². The third-order valence-electron chi connectivity index (χ3n) is 13.9. The summed E-state index contributed by atoms with van der Waals surface area (Å²) in [4.78, 5) is 38.2. The largest absolute Gasteiger partial charge is 0.462 e. The van der Waals surface area contributed by atoms with Gasteiger partial charge in [0.15, 0.2) is 6.10 Å². The second kappa shape index (κ2) is 59.2. The molecular formula is C64H118O6. The Kier molecular flexibility index (Phi) is 57.2. The highest BCUT2D eigenvalue weighted by atomic mass is 16.6.